The second kappa shape index (κ2) is 6.62. The maximum absolute atomic E-state index is 12.1. The van der Waals surface area contributed by atoms with E-state index >= 15 is 0 Å². The van der Waals surface area contributed by atoms with Crippen LogP contribution in [0.1, 0.15) is 67.9 Å². The number of nitriles is 1. The molecule has 0 saturated heterocycles. The summed E-state index contributed by atoms with van der Waals surface area (Å²) in [4.78, 5) is 12.1. The Morgan fingerprint density at radius 1 is 1.26 bits per heavy atom. The minimum Gasteiger partial charge on any atom is -0.349 e. The van der Waals surface area contributed by atoms with Gasteiger partial charge in [-0.2, -0.15) is 5.26 Å². The zero-order valence-corrected chi connectivity index (χ0v) is 14.1. The second-order valence-corrected chi connectivity index (χ2v) is 6.91. The van der Waals surface area contributed by atoms with E-state index in [1.807, 2.05) is 0 Å². The SMILES string of the molecule is Cc1cc(/C=C(\C#N)C(=O)NC2CC2)c(C)n1C1CCCCC1. The lowest BCUT2D eigenvalue weighted by atomic mass is 9.95. The summed E-state index contributed by atoms with van der Waals surface area (Å²) in [5.41, 5.74) is 3.60. The molecule has 1 aromatic heterocycles. The fourth-order valence-electron chi connectivity index (χ4n) is 3.64. The van der Waals surface area contributed by atoms with Crippen LogP contribution >= 0.6 is 0 Å². The molecule has 23 heavy (non-hydrogen) atoms. The zero-order valence-electron chi connectivity index (χ0n) is 14.1. The Kier molecular flexibility index (Phi) is 4.56. The van der Waals surface area contributed by atoms with Gasteiger partial charge in [-0.3, -0.25) is 4.79 Å². The van der Waals surface area contributed by atoms with Crippen LogP contribution in [-0.4, -0.2) is 16.5 Å². The van der Waals surface area contributed by atoms with E-state index < -0.39 is 0 Å². The molecule has 1 amide bonds. The lowest BCUT2D eigenvalue weighted by Crippen LogP contribution is -2.26. The van der Waals surface area contributed by atoms with Crippen LogP contribution in [0.25, 0.3) is 6.08 Å². The van der Waals surface area contributed by atoms with Gasteiger partial charge in [-0.25, -0.2) is 0 Å². The van der Waals surface area contributed by atoms with Crippen molar-refractivity contribution in [3.8, 4) is 6.07 Å². The van der Waals surface area contributed by atoms with Crippen LogP contribution in [0.15, 0.2) is 11.6 Å². The van der Waals surface area contributed by atoms with E-state index in [2.05, 4.69) is 35.9 Å². The molecule has 122 valence electrons. The van der Waals surface area contributed by atoms with Crippen molar-refractivity contribution in [3.63, 3.8) is 0 Å². The van der Waals surface area contributed by atoms with Gasteiger partial charge < -0.3 is 9.88 Å². The van der Waals surface area contributed by atoms with Gasteiger partial charge in [-0.05, 0) is 57.2 Å². The van der Waals surface area contributed by atoms with Gasteiger partial charge in [0.2, 0.25) is 0 Å². The normalized spacial score (nSPS) is 19.4. The first-order valence-electron chi connectivity index (χ1n) is 8.71. The number of aryl methyl sites for hydroxylation is 1. The summed E-state index contributed by atoms with van der Waals surface area (Å²) in [5, 5.41) is 12.2. The highest BCUT2D eigenvalue weighted by molar-refractivity contribution is 6.02. The van der Waals surface area contributed by atoms with E-state index in [0.717, 1.165) is 18.4 Å². The lowest BCUT2D eigenvalue weighted by Gasteiger charge is -2.26. The van der Waals surface area contributed by atoms with E-state index in [4.69, 9.17) is 0 Å². The number of nitrogens with zero attached hydrogens (tertiary/aromatic N) is 2. The molecule has 3 rings (SSSR count). The monoisotopic (exact) mass is 311 g/mol. The molecular weight excluding hydrogens is 286 g/mol. The van der Waals surface area contributed by atoms with Gasteiger partial charge in [0.25, 0.3) is 5.91 Å². The van der Waals surface area contributed by atoms with Crippen molar-refractivity contribution in [1.29, 1.82) is 5.26 Å². The van der Waals surface area contributed by atoms with Crippen LogP contribution in [0.3, 0.4) is 0 Å². The summed E-state index contributed by atoms with van der Waals surface area (Å²) < 4.78 is 2.40. The zero-order chi connectivity index (χ0) is 16.4. The summed E-state index contributed by atoms with van der Waals surface area (Å²) in [7, 11) is 0. The molecule has 1 aromatic rings. The van der Waals surface area contributed by atoms with Gasteiger partial charge in [0.05, 0.1) is 0 Å². The van der Waals surface area contributed by atoms with Crippen LogP contribution in [0.5, 0.6) is 0 Å². The third kappa shape index (κ3) is 3.50. The van der Waals surface area contributed by atoms with E-state index in [9.17, 15) is 10.1 Å². The summed E-state index contributed by atoms with van der Waals surface area (Å²) >= 11 is 0. The van der Waals surface area contributed by atoms with E-state index in [-0.39, 0.29) is 17.5 Å². The van der Waals surface area contributed by atoms with Crippen molar-refractivity contribution < 1.29 is 4.79 Å². The third-order valence-corrected chi connectivity index (χ3v) is 5.04. The molecule has 0 unspecified atom stereocenters. The van der Waals surface area contributed by atoms with Gasteiger partial charge in [0, 0.05) is 23.5 Å². The fourth-order valence-corrected chi connectivity index (χ4v) is 3.64. The Morgan fingerprint density at radius 3 is 2.57 bits per heavy atom. The summed E-state index contributed by atoms with van der Waals surface area (Å²) in [6.45, 7) is 4.22. The third-order valence-electron chi connectivity index (χ3n) is 5.04. The minimum atomic E-state index is -0.238. The molecule has 0 atom stereocenters. The van der Waals surface area contributed by atoms with Crippen LogP contribution in [0, 0.1) is 25.2 Å². The number of carbonyl (C=O) groups is 1. The summed E-state index contributed by atoms with van der Waals surface area (Å²) in [6, 6.07) is 5.00. The largest absolute Gasteiger partial charge is 0.349 e. The number of aromatic nitrogens is 1. The first-order valence-corrected chi connectivity index (χ1v) is 8.71. The Labute approximate surface area is 138 Å². The van der Waals surface area contributed by atoms with Crippen LogP contribution < -0.4 is 5.32 Å². The summed E-state index contributed by atoms with van der Waals surface area (Å²) in [5.74, 6) is -0.238. The predicted octanol–water partition coefficient (Wildman–Crippen LogP) is 3.80. The number of nitrogens with one attached hydrogen (secondary N) is 1. The molecule has 1 N–H and O–H groups in total. The van der Waals surface area contributed by atoms with Gasteiger partial charge in [0.1, 0.15) is 11.6 Å². The Morgan fingerprint density at radius 2 is 1.96 bits per heavy atom. The molecule has 2 saturated carbocycles. The quantitative estimate of drug-likeness (QED) is 0.679. The van der Waals surface area contributed by atoms with Gasteiger partial charge >= 0.3 is 0 Å². The average Bonchev–Trinajstić information content (AvgIpc) is 3.31. The van der Waals surface area contributed by atoms with Crippen LogP contribution in [0.4, 0.5) is 0 Å². The van der Waals surface area contributed by atoms with Gasteiger partial charge in [-0.1, -0.05) is 19.3 Å². The maximum atomic E-state index is 12.1. The number of amides is 1. The van der Waals surface area contributed by atoms with Crippen molar-refractivity contribution in [2.75, 3.05) is 0 Å². The van der Waals surface area contributed by atoms with Crippen molar-refractivity contribution in [1.82, 2.24) is 9.88 Å². The highest BCUT2D eigenvalue weighted by Gasteiger charge is 2.25. The van der Waals surface area contributed by atoms with Crippen molar-refractivity contribution in [3.05, 3.63) is 28.6 Å². The molecule has 0 spiro atoms. The smallest absolute Gasteiger partial charge is 0.262 e. The van der Waals surface area contributed by atoms with Gasteiger partial charge in [-0.15, -0.1) is 0 Å². The molecule has 0 bridgehead atoms. The number of hydrogen-bond donors (Lipinski definition) is 1. The highest BCUT2D eigenvalue weighted by Crippen LogP contribution is 2.32. The first kappa shape index (κ1) is 15.9. The topological polar surface area (TPSA) is 57.8 Å². The standard InChI is InChI=1S/C19H25N3O/c1-13-10-15(11-16(12-20)19(23)21-17-8-9-17)14(2)22(13)18-6-4-3-5-7-18/h10-11,17-18H,3-9H2,1-2H3,(H,21,23)/b16-11+. The van der Waals surface area contributed by atoms with E-state index in [1.165, 1.54) is 43.5 Å². The molecule has 4 heteroatoms. The summed E-state index contributed by atoms with van der Waals surface area (Å²) in [6.07, 6.45) is 10.2. The van der Waals surface area contributed by atoms with Crippen LogP contribution in [-0.2, 0) is 4.79 Å². The minimum absolute atomic E-state index is 0.209. The fraction of sp³-hybridized carbons (Fsp3) is 0.579. The van der Waals surface area contributed by atoms with Crippen molar-refractivity contribution in [2.45, 2.75) is 70.9 Å². The van der Waals surface area contributed by atoms with E-state index in [0.29, 0.717) is 6.04 Å². The predicted molar refractivity (Wildman–Crippen MR) is 90.8 cm³/mol. The Bertz CT molecular complexity index is 668. The lowest BCUT2D eigenvalue weighted by molar-refractivity contribution is -0.117. The highest BCUT2D eigenvalue weighted by atomic mass is 16.1. The molecule has 0 aliphatic heterocycles. The second-order valence-electron chi connectivity index (χ2n) is 6.91. The molecule has 0 radical (unpaired) electrons. The Hall–Kier alpha value is -2.02. The molecule has 1 heterocycles. The maximum Gasteiger partial charge on any atom is 0.262 e. The Balaban J connectivity index is 1.85. The van der Waals surface area contributed by atoms with Gasteiger partial charge in [0.15, 0.2) is 0 Å². The molecule has 2 aliphatic rings. The molecule has 0 aromatic carbocycles. The van der Waals surface area contributed by atoms with Crippen molar-refractivity contribution in [2.24, 2.45) is 0 Å². The molecular formula is C19H25N3O. The number of hydrogen-bond acceptors (Lipinski definition) is 2. The number of carbonyl (C=O) groups excluding carboxylic acids is 1. The van der Waals surface area contributed by atoms with Crippen LogP contribution in [0.2, 0.25) is 0 Å². The van der Waals surface area contributed by atoms with E-state index in [1.54, 1.807) is 6.08 Å². The van der Waals surface area contributed by atoms with Crippen molar-refractivity contribution >= 4 is 12.0 Å². The first-order chi connectivity index (χ1) is 11.1. The number of rotatable bonds is 4. The average molecular weight is 311 g/mol. The molecule has 4 nitrogen and oxygen atoms in total. The molecule has 2 fully saturated rings. The molecule has 2 aliphatic carbocycles.